The number of H-pyrrole nitrogens is 1. The number of aliphatic hydroxyl groups excluding tert-OH is 1. The van der Waals surface area contributed by atoms with Crippen molar-refractivity contribution in [1.82, 2.24) is 15.0 Å². The van der Waals surface area contributed by atoms with Crippen LogP contribution in [0.3, 0.4) is 0 Å². The van der Waals surface area contributed by atoms with Gasteiger partial charge in [-0.05, 0) is 29.2 Å². The Balaban J connectivity index is 1.80. The largest absolute Gasteiger partial charge is 0.392 e. The Morgan fingerprint density at radius 3 is 2.46 bits per heavy atom. The smallest absolute Gasteiger partial charge is 0.141 e. The number of nitrogens with zero attached hydrogens (tertiary/aromatic N) is 2. The predicted octanol–water partition coefficient (Wildman–Crippen LogP) is 4.66. The summed E-state index contributed by atoms with van der Waals surface area (Å²) in [6, 6.07) is 20.5. The summed E-state index contributed by atoms with van der Waals surface area (Å²) < 4.78 is 0. The fraction of sp³-hybridized carbons (Fsp3) is 0.182. The Bertz CT molecular complexity index is 1010. The molecule has 2 N–H and O–H groups in total. The zero-order valence-electron chi connectivity index (χ0n) is 14.7. The van der Waals surface area contributed by atoms with Gasteiger partial charge >= 0.3 is 0 Å². The standard InChI is InChI=1S/C22H21N3O/c1-2-18(16-6-4-3-5-7-16)21-19-12-20(25-22(19)24-14-23-21)17-10-8-15(13-26)9-11-17/h3-12,14,18,26H,2,13H2,1H3,(H,23,24,25). The third kappa shape index (κ3) is 3.00. The summed E-state index contributed by atoms with van der Waals surface area (Å²) in [7, 11) is 0. The number of aliphatic hydroxyl groups is 1. The lowest BCUT2D eigenvalue weighted by atomic mass is 9.91. The molecule has 1 unspecified atom stereocenters. The topological polar surface area (TPSA) is 61.8 Å². The van der Waals surface area contributed by atoms with Crippen molar-refractivity contribution in [2.75, 3.05) is 0 Å². The SMILES string of the molecule is CCC(c1ccccc1)c1ncnc2[nH]c(-c3ccc(CO)cc3)cc12. The van der Waals surface area contributed by atoms with E-state index in [1.165, 1.54) is 5.56 Å². The van der Waals surface area contributed by atoms with Crippen molar-refractivity contribution in [3.05, 3.63) is 83.8 Å². The van der Waals surface area contributed by atoms with Crippen molar-refractivity contribution in [3.63, 3.8) is 0 Å². The Hall–Kier alpha value is -2.98. The number of aromatic nitrogens is 3. The zero-order valence-corrected chi connectivity index (χ0v) is 14.7. The van der Waals surface area contributed by atoms with Crippen molar-refractivity contribution in [3.8, 4) is 11.3 Å². The van der Waals surface area contributed by atoms with Crippen LogP contribution in [0.2, 0.25) is 0 Å². The van der Waals surface area contributed by atoms with Gasteiger partial charge < -0.3 is 10.1 Å². The normalized spacial score (nSPS) is 12.4. The van der Waals surface area contributed by atoms with Gasteiger partial charge in [-0.3, -0.25) is 0 Å². The number of hydrogen-bond acceptors (Lipinski definition) is 3. The van der Waals surface area contributed by atoms with E-state index >= 15 is 0 Å². The van der Waals surface area contributed by atoms with Crippen LogP contribution >= 0.6 is 0 Å². The highest BCUT2D eigenvalue weighted by Gasteiger charge is 2.18. The van der Waals surface area contributed by atoms with Gasteiger partial charge in [0.05, 0.1) is 12.3 Å². The first-order valence-corrected chi connectivity index (χ1v) is 8.89. The number of hydrogen-bond donors (Lipinski definition) is 2. The molecule has 26 heavy (non-hydrogen) atoms. The lowest BCUT2D eigenvalue weighted by molar-refractivity contribution is 0.282. The number of aromatic amines is 1. The average molecular weight is 343 g/mol. The zero-order chi connectivity index (χ0) is 17.9. The third-order valence-electron chi connectivity index (χ3n) is 4.84. The molecule has 4 nitrogen and oxygen atoms in total. The van der Waals surface area contributed by atoms with Crippen LogP contribution in [0, 0.1) is 0 Å². The number of fused-ring (bicyclic) bond motifs is 1. The summed E-state index contributed by atoms with van der Waals surface area (Å²) in [5.41, 5.74) is 6.15. The molecule has 0 amide bonds. The molecule has 0 aliphatic rings. The molecule has 130 valence electrons. The molecule has 0 fully saturated rings. The molecule has 0 saturated carbocycles. The van der Waals surface area contributed by atoms with Crippen molar-refractivity contribution in [2.45, 2.75) is 25.9 Å². The second-order valence-corrected chi connectivity index (χ2v) is 6.43. The molecular formula is C22H21N3O. The van der Waals surface area contributed by atoms with Crippen LogP contribution in [0.5, 0.6) is 0 Å². The molecule has 0 aliphatic heterocycles. The van der Waals surface area contributed by atoms with E-state index in [-0.39, 0.29) is 12.5 Å². The molecule has 2 aromatic heterocycles. The van der Waals surface area contributed by atoms with Crippen LogP contribution in [0.1, 0.15) is 36.1 Å². The summed E-state index contributed by atoms with van der Waals surface area (Å²) in [5, 5.41) is 10.3. The van der Waals surface area contributed by atoms with Gasteiger partial charge in [0.2, 0.25) is 0 Å². The minimum absolute atomic E-state index is 0.0534. The fourth-order valence-corrected chi connectivity index (χ4v) is 3.45. The van der Waals surface area contributed by atoms with Gasteiger partial charge in [-0.1, -0.05) is 61.5 Å². The number of benzene rings is 2. The summed E-state index contributed by atoms with van der Waals surface area (Å²) in [6.07, 6.45) is 2.61. The Morgan fingerprint density at radius 1 is 1.00 bits per heavy atom. The summed E-state index contributed by atoms with van der Waals surface area (Å²) in [5.74, 6) is 0.238. The second-order valence-electron chi connectivity index (χ2n) is 6.43. The highest BCUT2D eigenvalue weighted by Crippen LogP contribution is 2.33. The minimum atomic E-state index is 0.0534. The van der Waals surface area contributed by atoms with E-state index < -0.39 is 0 Å². The molecule has 0 aliphatic carbocycles. The van der Waals surface area contributed by atoms with Crippen molar-refractivity contribution in [1.29, 1.82) is 0 Å². The summed E-state index contributed by atoms with van der Waals surface area (Å²) in [4.78, 5) is 12.5. The first kappa shape index (κ1) is 16.5. The minimum Gasteiger partial charge on any atom is -0.392 e. The van der Waals surface area contributed by atoms with E-state index in [0.29, 0.717) is 0 Å². The highest BCUT2D eigenvalue weighted by molar-refractivity contribution is 5.85. The molecule has 4 aromatic rings. The molecule has 2 heterocycles. The molecular weight excluding hydrogens is 322 g/mol. The number of nitrogens with one attached hydrogen (secondary N) is 1. The lowest BCUT2D eigenvalue weighted by Gasteiger charge is -2.15. The van der Waals surface area contributed by atoms with Crippen LogP contribution < -0.4 is 0 Å². The van der Waals surface area contributed by atoms with Crippen LogP contribution in [-0.2, 0) is 6.61 Å². The number of rotatable bonds is 5. The van der Waals surface area contributed by atoms with Gasteiger partial charge in [0.15, 0.2) is 0 Å². The molecule has 4 rings (SSSR count). The molecule has 0 bridgehead atoms. The Kier molecular flexibility index (Phi) is 4.50. The van der Waals surface area contributed by atoms with Gasteiger partial charge in [0.1, 0.15) is 12.0 Å². The van der Waals surface area contributed by atoms with Crippen LogP contribution in [0.15, 0.2) is 67.0 Å². The molecule has 1 atom stereocenters. The van der Waals surface area contributed by atoms with Gasteiger partial charge in [0.25, 0.3) is 0 Å². The first-order valence-electron chi connectivity index (χ1n) is 8.89. The molecule has 2 aromatic carbocycles. The fourth-order valence-electron chi connectivity index (χ4n) is 3.45. The van der Waals surface area contributed by atoms with Crippen molar-refractivity contribution >= 4 is 11.0 Å². The van der Waals surface area contributed by atoms with Gasteiger partial charge in [-0.15, -0.1) is 0 Å². The average Bonchev–Trinajstić information content (AvgIpc) is 3.14. The Labute approximate surface area is 152 Å². The van der Waals surface area contributed by atoms with E-state index in [9.17, 15) is 5.11 Å². The monoisotopic (exact) mass is 343 g/mol. The predicted molar refractivity (Wildman–Crippen MR) is 104 cm³/mol. The summed E-state index contributed by atoms with van der Waals surface area (Å²) >= 11 is 0. The molecule has 0 spiro atoms. The van der Waals surface area contributed by atoms with Gasteiger partial charge in [0, 0.05) is 17.0 Å². The van der Waals surface area contributed by atoms with Crippen LogP contribution in [-0.4, -0.2) is 20.1 Å². The van der Waals surface area contributed by atoms with E-state index in [2.05, 4.69) is 52.2 Å². The second kappa shape index (κ2) is 7.10. The highest BCUT2D eigenvalue weighted by atomic mass is 16.3. The molecule has 0 radical (unpaired) electrons. The van der Waals surface area contributed by atoms with E-state index in [4.69, 9.17) is 0 Å². The van der Waals surface area contributed by atoms with Gasteiger partial charge in [-0.2, -0.15) is 0 Å². The molecule has 0 saturated heterocycles. The lowest BCUT2D eigenvalue weighted by Crippen LogP contribution is -2.03. The van der Waals surface area contributed by atoms with Crippen molar-refractivity contribution < 1.29 is 5.11 Å². The quantitative estimate of drug-likeness (QED) is 0.554. The maximum absolute atomic E-state index is 9.22. The first-order chi connectivity index (χ1) is 12.8. The van der Waals surface area contributed by atoms with Crippen LogP contribution in [0.25, 0.3) is 22.3 Å². The van der Waals surface area contributed by atoms with E-state index in [1.807, 2.05) is 30.3 Å². The maximum Gasteiger partial charge on any atom is 0.141 e. The summed E-state index contributed by atoms with van der Waals surface area (Å²) in [6.45, 7) is 2.24. The van der Waals surface area contributed by atoms with E-state index in [1.54, 1.807) is 6.33 Å². The Morgan fingerprint density at radius 2 is 1.77 bits per heavy atom. The van der Waals surface area contributed by atoms with Crippen molar-refractivity contribution in [2.24, 2.45) is 0 Å². The van der Waals surface area contributed by atoms with E-state index in [0.717, 1.165) is 40.0 Å². The molecule has 4 heteroatoms. The van der Waals surface area contributed by atoms with Gasteiger partial charge in [-0.25, -0.2) is 9.97 Å². The third-order valence-corrected chi connectivity index (χ3v) is 4.84. The maximum atomic E-state index is 9.22. The van der Waals surface area contributed by atoms with Crippen LogP contribution in [0.4, 0.5) is 0 Å².